The molecular weight excluding hydrogens is 208 g/mol. The Balaban J connectivity index is 0. The molecule has 0 heterocycles. The number of carboxylic acid groups (broad SMARTS) is 1. The van der Waals surface area contributed by atoms with Gasteiger partial charge in [0.2, 0.25) is 6.41 Å². The fourth-order valence-corrected chi connectivity index (χ4v) is 0.920. The number of carbonyl (C=O) groups is 2. The maximum atomic E-state index is 9.72. The molecule has 0 radical (unpaired) electrons. The third kappa shape index (κ3) is 18.4. The first-order valence-electron chi connectivity index (χ1n) is 5.31. The molecule has 0 aliphatic carbocycles. The number of rotatable bonds is 8. The first-order valence-corrected chi connectivity index (χ1v) is 5.31. The van der Waals surface area contributed by atoms with Crippen molar-refractivity contribution in [3.8, 4) is 0 Å². The van der Waals surface area contributed by atoms with Gasteiger partial charge in [0.1, 0.15) is 0 Å². The fourth-order valence-electron chi connectivity index (χ4n) is 0.920. The lowest BCUT2D eigenvalue weighted by Gasteiger charge is -2.07. The summed E-state index contributed by atoms with van der Waals surface area (Å²) < 4.78 is 0. The number of nitrogens with one attached hydrogen (secondary N) is 2. The summed E-state index contributed by atoms with van der Waals surface area (Å²) in [7, 11) is 0. The van der Waals surface area contributed by atoms with Gasteiger partial charge in [-0.05, 0) is 19.9 Å². The molecule has 0 bridgehead atoms. The minimum Gasteiger partial charge on any atom is -0.481 e. The van der Waals surface area contributed by atoms with Crippen molar-refractivity contribution in [3.05, 3.63) is 12.7 Å². The monoisotopic (exact) mass is 230 g/mol. The summed E-state index contributed by atoms with van der Waals surface area (Å²) >= 11 is 0. The molecule has 1 unspecified atom stereocenters. The van der Waals surface area contributed by atoms with Crippen LogP contribution in [0.2, 0.25) is 0 Å². The van der Waals surface area contributed by atoms with Gasteiger partial charge in [-0.1, -0.05) is 13.0 Å². The number of amides is 1. The van der Waals surface area contributed by atoms with Crippen LogP contribution in [-0.4, -0.2) is 36.6 Å². The minimum atomic E-state index is -0.903. The zero-order valence-corrected chi connectivity index (χ0v) is 10.0. The van der Waals surface area contributed by atoms with Crippen LogP contribution in [0, 0.1) is 0 Å². The second-order valence-corrected chi connectivity index (χ2v) is 3.20. The average molecular weight is 230 g/mol. The minimum absolute atomic E-state index is 0.0151. The van der Waals surface area contributed by atoms with Crippen LogP contribution in [-0.2, 0) is 9.59 Å². The van der Waals surface area contributed by atoms with Crippen LogP contribution in [0.4, 0.5) is 0 Å². The van der Waals surface area contributed by atoms with Gasteiger partial charge in [0.25, 0.3) is 0 Å². The largest absolute Gasteiger partial charge is 0.481 e. The Bertz CT molecular complexity index is 196. The average Bonchev–Trinajstić information content (AvgIpc) is 2.19. The summed E-state index contributed by atoms with van der Waals surface area (Å²) in [6.07, 6.45) is 3.46. The van der Waals surface area contributed by atoms with Crippen molar-refractivity contribution in [2.24, 2.45) is 0 Å². The summed E-state index contributed by atoms with van der Waals surface area (Å²) in [5.41, 5.74) is 0. The Kier molecular flexibility index (Phi) is 14.5. The normalized spacial score (nSPS) is 10.6. The molecule has 0 aliphatic heterocycles. The van der Waals surface area contributed by atoms with Crippen LogP contribution in [0.3, 0.4) is 0 Å². The van der Waals surface area contributed by atoms with Crippen molar-refractivity contribution in [2.45, 2.75) is 32.7 Å². The van der Waals surface area contributed by atoms with Crippen LogP contribution in [0.15, 0.2) is 12.7 Å². The van der Waals surface area contributed by atoms with Crippen molar-refractivity contribution in [1.29, 1.82) is 0 Å². The van der Waals surface area contributed by atoms with Crippen LogP contribution in [0.5, 0.6) is 0 Å². The van der Waals surface area contributed by atoms with Crippen LogP contribution in [0.25, 0.3) is 0 Å². The molecule has 5 nitrogen and oxygen atoms in total. The Morgan fingerprint density at radius 1 is 1.56 bits per heavy atom. The topological polar surface area (TPSA) is 78.4 Å². The van der Waals surface area contributed by atoms with Crippen molar-refractivity contribution in [2.75, 3.05) is 13.1 Å². The predicted octanol–water partition coefficient (Wildman–Crippen LogP) is 0.768. The van der Waals surface area contributed by atoms with Crippen molar-refractivity contribution >= 4 is 12.4 Å². The van der Waals surface area contributed by atoms with E-state index in [4.69, 9.17) is 5.11 Å². The van der Waals surface area contributed by atoms with Gasteiger partial charge in [-0.25, -0.2) is 0 Å². The number of aliphatic carboxylic acids is 1. The molecule has 0 aliphatic rings. The smallest absolute Gasteiger partial charge is 0.305 e. The molecule has 1 atom stereocenters. The lowest BCUT2D eigenvalue weighted by Crippen LogP contribution is -2.24. The summed E-state index contributed by atoms with van der Waals surface area (Å²) in [5, 5.41) is 13.5. The highest BCUT2D eigenvalue weighted by Gasteiger charge is 1.92. The highest BCUT2D eigenvalue weighted by molar-refractivity contribution is 5.67. The van der Waals surface area contributed by atoms with E-state index in [1.165, 1.54) is 0 Å². The van der Waals surface area contributed by atoms with Gasteiger partial charge in [0.15, 0.2) is 0 Å². The molecule has 0 aromatic rings. The fraction of sp³-hybridized carbons (Fsp3) is 0.636. The lowest BCUT2D eigenvalue weighted by atomic mass is 10.2. The molecule has 0 saturated heterocycles. The number of hydrogen-bond acceptors (Lipinski definition) is 3. The van der Waals surface area contributed by atoms with E-state index >= 15 is 0 Å². The summed E-state index contributed by atoms with van der Waals surface area (Å²) in [6.45, 7) is 9.17. The number of carboxylic acids is 1. The zero-order valence-electron chi connectivity index (χ0n) is 10.0. The maximum Gasteiger partial charge on any atom is 0.305 e. The van der Waals surface area contributed by atoms with E-state index in [1.54, 1.807) is 0 Å². The third-order valence-electron chi connectivity index (χ3n) is 1.64. The standard InChI is InChI=1S/C7H15N.C4H7NO3/c1-4-6-7(3)8-5-2;6-3-5-2-1-4(7)8/h4,7-8H,1,5-6H2,2-3H3;3H,1-2H2,(H,5,6)(H,7,8). The Labute approximate surface area is 96.9 Å². The predicted molar refractivity (Wildman–Crippen MR) is 64.3 cm³/mol. The van der Waals surface area contributed by atoms with E-state index in [1.807, 2.05) is 6.08 Å². The van der Waals surface area contributed by atoms with Crippen molar-refractivity contribution in [3.63, 3.8) is 0 Å². The van der Waals surface area contributed by atoms with E-state index in [2.05, 4.69) is 31.1 Å². The molecule has 0 aromatic carbocycles. The summed E-state index contributed by atoms with van der Waals surface area (Å²) in [5.74, 6) is -0.903. The lowest BCUT2D eigenvalue weighted by molar-refractivity contribution is -0.136. The highest BCUT2D eigenvalue weighted by atomic mass is 16.4. The van der Waals surface area contributed by atoms with Crippen molar-refractivity contribution in [1.82, 2.24) is 10.6 Å². The Morgan fingerprint density at radius 2 is 2.19 bits per heavy atom. The van der Waals surface area contributed by atoms with Gasteiger partial charge in [-0.2, -0.15) is 0 Å². The Morgan fingerprint density at radius 3 is 2.56 bits per heavy atom. The van der Waals surface area contributed by atoms with E-state index < -0.39 is 5.97 Å². The SMILES string of the molecule is C=CCC(C)NCC.O=CNCCC(=O)O. The van der Waals surface area contributed by atoms with Gasteiger partial charge in [-0.3, -0.25) is 9.59 Å². The second-order valence-electron chi connectivity index (χ2n) is 3.20. The molecule has 0 aromatic heterocycles. The van der Waals surface area contributed by atoms with Gasteiger partial charge in [0, 0.05) is 12.6 Å². The quantitative estimate of drug-likeness (QED) is 0.327. The van der Waals surface area contributed by atoms with Gasteiger partial charge >= 0.3 is 5.97 Å². The Hall–Kier alpha value is -1.36. The molecule has 3 N–H and O–H groups in total. The third-order valence-corrected chi connectivity index (χ3v) is 1.64. The molecule has 0 rings (SSSR count). The molecule has 16 heavy (non-hydrogen) atoms. The van der Waals surface area contributed by atoms with E-state index in [0.29, 0.717) is 12.5 Å². The molecule has 1 amide bonds. The van der Waals surface area contributed by atoms with Gasteiger partial charge in [0.05, 0.1) is 6.42 Å². The summed E-state index contributed by atoms with van der Waals surface area (Å²) in [6, 6.07) is 0.595. The van der Waals surface area contributed by atoms with Crippen molar-refractivity contribution < 1.29 is 14.7 Å². The first-order chi connectivity index (χ1) is 7.58. The van der Waals surface area contributed by atoms with E-state index in [9.17, 15) is 9.59 Å². The highest BCUT2D eigenvalue weighted by Crippen LogP contribution is 1.88. The second kappa shape index (κ2) is 13.6. The molecular formula is C11H22N2O3. The first kappa shape index (κ1) is 17.0. The molecule has 5 heteroatoms. The van der Waals surface area contributed by atoms with Gasteiger partial charge in [-0.15, -0.1) is 6.58 Å². The van der Waals surface area contributed by atoms with Gasteiger partial charge < -0.3 is 15.7 Å². The molecule has 0 saturated carbocycles. The van der Waals surface area contributed by atoms with E-state index in [0.717, 1.165) is 13.0 Å². The van der Waals surface area contributed by atoms with Crippen LogP contribution >= 0.6 is 0 Å². The van der Waals surface area contributed by atoms with Crippen LogP contribution < -0.4 is 10.6 Å². The summed E-state index contributed by atoms with van der Waals surface area (Å²) in [4.78, 5) is 19.2. The number of carbonyl (C=O) groups excluding carboxylic acids is 1. The van der Waals surface area contributed by atoms with Crippen LogP contribution in [0.1, 0.15) is 26.7 Å². The number of hydrogen-bond donors (Lipinski definition) is 3. The molecule has 0 spiro atoms. The molecule has 94 valence electrons. The molecule has 0 fully saturated rings. The zero-order chi connectivity index (χ0) is 12.8. The van der Waals surface area contributed by atoms with E-state index in [-0.39, 0.29) is 13.0 Å². The maximum absolute atomic E-state index is 9.72.